The SMILES string of the molecule is CN=C(NCc1ccc(N2CCC(C)CC2)cc1)N1CCC(COCCOC)C1. The quantitative estimate of drug-likeness (QED) is 0.412. The summed E-state index contributed by atoms with van der Waals surface area (Å²) in [5, 5.41) is 3.53. The van der Waals surface area contributed by atoms with Crippen molar-refractivity contribution in [3.8, 4) is 0 Å². The fourth-order valence-corrected chi connectivity index (χ4v) is 4.16. The summed E-state index contributed by atoms with van der Waals surface area (Å²) in [5.41, 5.74) is 2.64. The lowest BCUT2D eigenvalue weighted by atomic mass is 9.99. The number of aliphatic imine (C=N–C) groups is 1. The van der Waals surface area contributed by atoms with Gasteiger partial charge in [0.1, 0.15) is 0 Å². The molecule has 1 aromatic rings. The Balaban J connectivity index is 1.42. The topological polar surface area (TPSA) is 49.3 Å². The minimum absolute atomic E-state index is 0.567. The van der Waals surface area contributed by atoms with Gasteiger partial charge in [-0.25, -0.2) is 0 Å². The van der Waals surface area contributed by atoms with Gasteiger partial charge in [0.2, 0.25) is 0 Å². The van der Waals surface area contributed by atoms with Crippen LogP contribution in [0.4, 0.5) is 5.69 Å². The third-order valence-electron chi connectivity index (χ3n) is 6.12. The van der Waals surface area contributed by atoms with E-state index in [0.717, 1.165) is 44.5 Å². The number of ether oxygens (including phenoxy) is 2. The Morgan fingerprint density at radius 3 is 2.55 bits per heavy atom. The number of methoxy groups -OCH3 is 1. The van der Waals surface area contributed by atoms with Gasteiger partial charge in [-0.1, -0.05) is 19.1 Å². The largest absolute Gasteiger partial charge is 0.382 e. The molecule has 6 heteroatoms. The zero-order valence-electron chi connectivity index (χ0n) is 18.4. The van der Waals surface area contributed by atoms with E-state index in [-0.39, 0.29) is 0 Å². The van der Waals surface area contributed by atoms with Gasteiger partial charge < -0.3 is 24.6 Å². The lowest BCUT2D eigenvalue weighted by Gasteiger charge is -2.32. The second-order valence-corrected chi connectivity index (χ2v) is 8.41. The zero-order valence-corrected chi connectivity index (χ0v) is 18.4. The minimum Gasteiger partial charge on any atom is -0.382 e. The second-order valence-electron chi connectivity index (χ2n) is 8.41. The van der Waals surface area contributed by atoms with Crippen molar-refractivity contribution in [1.29, 1.82) is 0 Å². The molecule has 2 heterocycles. The highest BCUT2D eigenvalue weighted by molar-refractivity contribution is 5.80. The third kappa shape index (κ3) is 6.61. The van der Waals surface area contributed by atoms with Gasteiger partial charge in [-0.15, -0.1) is 0 Å². The van der Waals surface area contributed by atoms with Gasteiger partial charge in [0.05, 0.1) is 19.8 Å². The molecule has 0 aliphatic carbocycles. The highest BCUT2D eigenvalue weighted by atomic mass is 16.5. The predicted molar refractivity (Wildman–Crippen MR) is 120 cm³/mol. The second kappa shape index (κ2) is 11.4. The van der Waals surface area contributed by atoms with E-state index in [0.29, 0.717) is 19.1 Å². The van der Waals surface area contributed by atoms with E-state index < -0.39 is 0 Å². The van der Waals surface area contributed by atoms with E-state index in [1.807, 2.05) is 7.05 Å². The van der Waals surface area contributed by atoms with Crippen LogP contribution in [0, 0.1) is 11.8 Å². The molecule has 1 atom stereocenters. The van der Waals surface area contributed by atoms with E-state index in [4.69, 9.17) is 9.47 Å². The van der Waals surface area contributed by atoms with Gasteiger partial charge >= 0.3 is 0 Å². The highest BCUT2D eigenvalue weighted by Gasteiger charge is 2.25. The first-order valence-corrected chi connectivity index (χ1v) is 11.1. The lowest BCUT2D eigenvalue weighted by molar-refractivity contribution is 0.0536. The van der Waals surface area contributed by atoms with Gasteiger partial charge in [0.25, 0.3) is 0 Å². The van der Waals surface area contributed by atoms with E-state index in [1.54, 1.807) is 7.11 Å². The van der Waals surface area contributed by atoms with Crippen LogP contribution in [0.5, 0.6) is 0 Å². The molecule has 0 spiro atoms. The Hall–Kier alpha value is -1.79. The maximum atomic E-state index is 5.70. The van der Waals surface area contributed by atoms with Crippen molar-refractivity contribution in [2.24, 2.45) is 16.8 Å². The Morgan fingerprint density at radius 1 is 1.10 bits per heavy atom. The zero-order chi connectivity index (χ0) is 20.5. The number of hydrogen-bond acceptors (Lipinski definition) is 4. The molecule has 6 nitrogen and oxygen atoms in total. The number of anilines is 1. The summed E-state index contributed by atoms with van der Waals surface area (Å²) in [6.07, 6.45) is 3.75. The monoisotopic (exact) mass is 402 g/mol. The standard InChI is InChI=1S/C23H38N4O2/c1-19-8-11-26(12-9-19)22-6-4-20(5-7-22)16-25-23(24-2)27-13-10-21(17-27)18-29-15-14-28-3/h4-7,19,21H,8-18H2,1-3H3,(H,24,25). The maximum Gasteiger partial charge on any atom is 0.193 e. The summed E-state index contributed by atoms with van der Waals surface area (Å²) in [5.74, 6) is 2.42. The van der Waals surface area contributed by atoms with Crippen LogP contribution in [-0.2, 0) is 16.0 Å². The average Bonchev–Trinajstić information content (AvgIpc) is 3.21. The fraction of sp³-hybridized carbons (Fsp3) is 0.696. The Labute approximate surface area is 176 Å². The molecule has 0 aromatic heterocycles. The molecular formula is C23H38N4O2. The average molecular weight is 403 g/mol. The smallest absolute Gasteiger partial charge is 0.193 e. The summed E-state index contributed by atoms with van der Waals surface area (Å²) in [4.78, 5) is 9.34. The number of nitrogens with one attached hydrogen (secondary N) is 1. The molecule has 162 valence electrons. The van der Waals surface area contributed by atoms with Crippen molar-refractivity contribution >= 4 is 11.6 Å². The van der Waals surface area contributed by atoms with Crippen LogP contribution in [0.2, 0.25) is 0 Å². The van der Waals surface area contributed by atoms with Crippen molar-refractivity contribution in [2.75, 3.05) is 65.1 Å². The van der Waals surface area contributed by atoms with Crippen LogP contribution in [0.25, 0.3) is 0 Å². The Morgan fingerprint density at radius 2 is 1.86 bits per heavy atom. The van der Waals surface area contributed by atoms with Crippen molar-refractivity contribution in [3.05, 3.63) is 29.8 Å². The van der Waals surface area contributed by atoms with Crippen molar-refractivity contribution in [3.63, 3.8) is 0 Å². The van der Waals surface area contributed by atoms with Gasteiger partial charge in [-0.2, -0.15) is 0 Å². The molecule has 29 heavy (non-hydrogen) atoms. The van der Waals surface area contributed by atoms with Gasteiger partial charge in [-0.3, -0.25) is 4.99 Å². The summed E-state index contributed by atoms with van der Waals surface area (Å²) in [7, 11) is 3.57. The summed E-state index contributed by atoms with van der Waals surface area (Å²) in [6.45, 7) is 9.68. The van der Waals surface area contributed by atoms with Gasteiger partial charge in [-0.05, 0) is 42.9 Å². The number of likely N-dealkylation sites (tertiary alicyclic amines) is 1. The minimum atomic E-state index is 0.567. The maximum absolute atomic E-state index is 5.70. The normalized spacial score (nSPS) is 21.1. The molecule has 2 aliphatic heterocycles. The number of guanidine groups is 1. The first-order chi connectivity index (χ1) is 14.2. The Bertz CT molecular complexity index is 626. The molecule has 2 fully saturated rings. The lowest BCUT2D eigenvalue weighted by Crippen LogP contribution is -2.39. The number of rotatable bonds is 8. The Kier molecular flexibility index (Phi) is 8.62. The van der Waals surface area contributed by atoms with E-state index in [1.165, 1.54) is 37.2 Å². The molecule has 0 bridgehead atoms. The van der Waals surface area contributed by atoms with Crippen LogP contribution < -0.4 is 10.2 Å². The number of benzene rings is 1. The van der Waals surface area contributed by atoms with Crippen molar-refractivity contribution < 1.29 is 9.47 Å². The first kappa shape index (κ1) is 21.9. The first-order valence-electron chi connectivity index (χ1n) is 11.1. The summed E-state index contributed by atoms with van der Waals surface area (Å²) < 4.78 is 10.7. The van der Waals surface area contributed by atoms with Crippen LogP contribution in [0.1, 0.15) is 31.7 Å². The molecule has 1 aromatic carbocycles. The molecular weight excluding hydrogens is 364 g/mol. The van der Waals surface area contributed by atoms with Crippen LogP contribution >= 0.6 is 0 Å². The summed E-state index contributed by atoms with van der Waals surface area (Å²) >= 11 is 0. The predicted octanol–water partition coefficient (Wildman–Crippen LogP) is 2.98. The van der Waals surface area contributed by atoms with E-state index in [9.17, 15) is 0 Å². The van der Waals surface area contributed by atoms with Gasteiger partial charge in [0, 0.05) is 58.5 Å². The molecule has 0 amide bonds. The van der Waals surface area contributed by atoms with E-state index >= 15 is 0 Å². The number of piperidine rings is 1. The highest BCUT2D eigenvalue weighted by Crippen LogP contribution is 2.23. The van der Waals surface area contributed by atoms with Gasteiger partial charge in [0.15, 0.2) is 5.96 Å². The van der Waals surface area contributed by atoms with Crippen LogP contribution in [0.15, 0.2) is 29.3 Å². The molecule has 1 unspecified atom stereocenters. The number of hydrogen-bond donors (Lipinski definition) is 1. The number of nitrogens with zero attached hydrogens (tertiary/aromatic N) is 3. The molecule has 2 aliphatic rings. The molecule has 3 rings (SSSR count). The molecule has 0 radical (unpaired) electrons. The molecule has 0 saturated carbocycles. The van der Waals surface area contributed by atoms with E-state index in [2.05, 4.69) is 51.3 Å². The van der Waals surface area contributed by atoms with Crippen LogP contribution in [0.3, 0.4) is 0 Å². The third-order valence-corrected chi connectivity index (χ3v) is 6.12. The summed E-state index contributed by atoms with van der Waals surface area (Å²) in [6, 6.07) is 9.01. The van der Waals surface area contributed by atoms with Crippen LogP contribution in [-0.4, -0.2) is 71.0 Å². The molecule has 1 N–H and O–H groups in total. The van der Waals surface area contributed by atoms with Crippen molar-refractivity contribution in [2.45, 2.75) is 32.7 Å². The van der Waals surface area contributed by atoms with Crippen molar-refractivity contribution in [1.82, 2.24) is 10.2 Å². The fourth-order valence-electron chi connectivity index (χ4n) is 4.16. The molecule has 2 saturated heterocycles.